The molecule has 1 saturated heterocycles. The number of carbonyl (C=O) groups is 1. The summed E-state index contributed by atoms with van der Waals surface area (Å²) >= 11 is 0. The molecule has 0 radical (unpaired) electrons. The average Bonchev–Trinajstić information content (AvgIpc) is 2.36. The van der Waals surface area contributed by atoms with E-state index in [9.17, 15) is 4.79 Å². The van der Waals surface area contributed by atoms with Crippen molar-refractivity contribution < 1.29 is 9.90 Å². The summed E-state index contributed by atoms with van der Waals surface area (Å²) in [5.74, 6) is -0.0132. The van der Waals surface area contributed by atoms with E-state index in [1.54, 1.807) is 0 Å². The standard InChI is InChI=1S/C14H28N2O2/c1-11(2)5-8-16-12(3)6-7-15(4)10-13(16)9-14(17)18/h11-13H,5-10H2,1-4H3,(H,17,18). The third-order valence-corrected chi connectivity index (χ3v) is 3.86. The molecule has 1 aliphatic rings. The smallest absolute Gasteiger partial charge is 0.304 e. The van der Waals surface area contributed by atoms with Crippen LogP contribution in [0.5, 0.6) is 0 Å². The first-order valence-electron chi connectivity index (χ1n) is 7.06. The highest BCUT2D eigenvalue weighted by Crippen LogP contribution is 2.19. The molecule has 4 nitrogen and oxygen atoms in total. The van der Waals surface area contributed by atoms with Crippen LogP contribution in [0, 0.1) is 5.92 Å². The maximum atomic E-state index is 11.0. The van der Waals surface area contributed by atoms with E-state index in [1.807, 2.05) is 0 Å². The van der Waals surface area contributed by atoms with E-state index < -0.39 is 5.97 Å². The molecule has 0 bridgehead atoms. The molecule has 1 aliphatic heterocycles. The van der Waals surface area contributed by atoms with Crippen molar-refractivity contribution in [2.75, 3.05) is 26.7 Å². The number of hydrogen-bond donors (Lipinski definition) is 1. The van der Waals surface area contributed by atoms with Crippen LogP contribution in [0.1, 0.15) is 40.0 Å². The number of likely N-dealkylation sites (N-methyl/N-ethyl adjacent to an activating group) is 1. The molecule has 0 aromatic rings. The predicted octanol–water partition coefficient (Wildman–Crippen LogP) is 1.90. The molecule has 1 rings (SSSR count). The van der Waals surface area contributed by atoms with E-state index in [0.29, 0.717) is 12.0 Å². The average molecular weight is 256 g/mol. The van der Waals surface area contributed by atoms with Crippen molar-refractivity contribution in [3.05, 3.63) is 0 Å². The molecule has 18 heavy (non-hydrogen) atoms. The zero-order valence-electron chi connectivity index (χ0n) is 12.2. The van der Waals surface area contributed by atoms with Crippen LogP contribution in [-0.2, 0) is 4.79 Å². The number of rotatable bonds is 5. The Bertz CT molecular complexity index is 269. The van der Waals surface area contributed by atoms with Gasteiger partial charge in [0.15, 0.2) is 0 Å². The predicted molar refractivity (Wildman–Crippen MR) is 73.8 cm³/mol. The van der Waals surface area contributed by atoms with Gasteiger partial charge in [0.25, 0.3) is 0 Å². The minimum atomic E-state index is -0.683. The Hall–Kier alpha value is -0.610. The van der Waals surface area contributed by atoms with Crippen LogP contribution in [0.3, 0.4) is 0 Å². The maximum Gasteiger partial charge on any atom is 0.304 e. The zero-order chi connectivity index (χ0) is 13.7. The highest BCUT2D eigenvalue weighted by molar-refractivity contribution is 5.67. The summed E-state index contributed by atoms with van der Waals surface area (Å²) in [6.45, 7) is 9.63. The largest absolute Gasteiger partial charge is 0.481 e. The van der Waals surface area contributed by atoms with Crippen molar-refractivity contribution in [1.82, 2.24) is 9.80 Å². The number of carboxylic acid groups (broad SMARTS) is 1. The lowest BCUT2D eigenvalue weighted by Gasteiger charge is -2.34. The molecular weight excluding hydrogens is 228 g/mol. The van der Waals surface area contributed by atoms with Crippen LogP contribution in [0.2, 0.25) is 0 Å². The highest BCUT2D eigenvalue weighted by Gasteiger charge is 2.29. The molecule has 0 saturated carbocycles. The van der Waals surface area contributed by atoms with Crippen molar-refractivity contribution in [3.8, 4) is 0 Å². The molecule has 2 unspecified atom stereocenters. The quantitative estimate of drug-likeness (QED) is 0.816. The second-order valence-corrected chi connectivity index (χ2v) is 6.07. The summed E-state index contributed by atoms with van der Waals surface area (Å²) in [5, 5.41) is 9.08. The lowest BCUT2D eigenvalue weighted by molar-refractivity contribution is -0.138. The summed E-state index contributed by atoms with van der Waals surface area (Å²) in [6, 6.07) is 0.641. The van der Waals surface area contributed by atoms with E-state index >= 15 is 0 Å². The van der Waals surface area contributed by atoms with Gasteiger partial charge in [-0.25, -0.2) is 0 Å². The second kappa shape index (κ2) is 7.10. The fourth-order valence-electron chi connectivity index (χ4n) is 2.68. The Morgan fingerprint density at radius 3 is 2.67 bits per heavy atom. The molecular formula is C14H28N2O2. The maximum absolute atomic E-state index is 11.0. The molecule has 1 fully saturated rings. The van der Waals surface area contributed by atoms with Gasteiger partial charge >= 0.3 is 5.97 Å². The van der Waals surface area contributed by atoms with E-state index in [0.717, 1.165) is 32.5 Å². The summed E-state index contributed by atoms with van der Waals surface area (Å²) in [6.07, 6.45) is 2.53. The lowest BCUT2D eigenvalue weighted by atomic mass is 10.1. The van der Waals surface area contributed by atoms with Gasteiger partial charge in [0.2, 0.25) is 0 Å². The Morgan fingerprint density at radius 2 is 2.11 bits per heavy atom. The van der Waals surface area contributed by atoms with E-state index in [1.165, 1.54) is 0 Å². The van der Waals surface area contributed by atoms with Crippen LogP contribution < -0.4 is 0 Å². The topological polar surface area (TPSA) is 43.8 Å². The molecule has 0 aliphatic carbocycles. The molecule has 0 amide bonds. The molecule has 0 aromatic carbocycles. The van der Waals surface area contributed by atoms with Crippen LogP contribution >= 0.6 is 0 Å². The first kappa shape index (κ1) is 15.4. The number of carboxylic acids is 1. The summed E-state index contributed by atoms with van der Waals surface area (Å²) in [5.41, 5.74) is 0. The van der Waals surface area contributed by atoms with Crippen molar-refractivity contribution in [2.45, 2.75) is 52.1 Å². The molecule has 0 spiro atoms. The molecule has 106 valence electrons. The second-order valence-electron chi connectivity index (χ2n) is 6.07. The first-order valence-corrected chi connectivity index (χ1v) is 7.06. The molecule has 0 aromatic heterocycles. The number of nitrogens with zero attached hydrogens (tertiary/aromatic N) is 2. The van der Waals surface area contributed by atoms with Crippen molar-refractivity contribution >= 4 is 5.97 Å². The van der Waals surface area contributed by atoms with Gasteiger partial charge in [0.05, 0.1) is 6.42 Å². The van der Waals surface area contributed by atoms with Gasteiger partial charge < -0.3 is 10.0 Å². The molecule has 4 heteroatoms. The van der Waals surface area contributed by atoms with Gasteiger partial charge in [-0.3, -0.25) is 9.69 Å². The fraction of sp³-hybridized carbons (Fsp3) is 0.929. The van der Waals surface area contributed by atoms with Crippen molar-refractivity contribution in [1.29, 1.82) is 0 Å². The van der Waals surface area contributed by atoms with Gasteiger partial charge in [-0.15, -0.1) is 0 Å². The first-order chi connectivity index (χ1) is 8.40. The van der Waals surface area contributed by atoms with Crippen LogP contribution in [-0.4, -0.2) is 59.6 Å². The van der Waals surface area contributed by atoms with E-state index in [2.05, 4.69) is 37.6 Å². The SMILES string of the molecule is CC(C)CCN1C(C)CCN(C)CC1CC(=O)O. The van der Waals surface area contributed by atoms with Gasteiger partial charge in [0, 0.05) is 18.6 Å². The fourth-order valence-corrected chi connectivity index (χ4v) is 2.68. The summed E-state index contributed by atoms with van der Waals surface area (Å²) in [4.78, 5) is 15.7. The molecule has 2 atom stereocenters. The Balaban J connectivity index is 2.70. The van der Waals surface area contributed by atoms with Crippen LogP contribution in [0.15, 0.2) is 0 Å². The summed E-state index contributed by atoms with van der Waals surface area (Å²) < 4.78 is 0. The van der Waals surface area contributed by atoms with Gasteiger partial charge in [-0.05, 0) is 45.8 Å². The number of aliphatic carboxylic acids is 1. The third kappa shape index (κ3) is 4.94. The normalized spacial score (nSPS) is 27.4. The van der Waals surface area contributed by atoms with Gasteiger partial charge in [-0.1, -0.05) is 13.8 Å². The lowest BCUT2D eigenvalue weighted by Crippen LogP contribution is -2.45. The monoisotopic (exact) mass is 256 g/mol. The van der Waals surface area contributed by atoms with Crippen LogP contribution in [0.25, 0.3) is 0 Å². The Morgan fingerprint density at radius 1 is 1.44 bits per heavy atom. The number of hydrogen-bond acceptors (Lipinski definition) is 3. The van der Waals surface area contributed by atoms with E-state index in [4.69, 9.17) is 5.11 Å². The Kier molecular flexibility index (Phi) is 6.09. The van der Waals surface area contributed by atoms with Gasteiger partial charge in [-0.2, -0.15) is 0 Å². The third-order valence-electron chi connectivity index (χ3n) is 3.86. The van der Waals surface area contributed by atoms with Crippen molar-refractivity contribution in [3.63, 3.8) is 0 Å². The zero-order valence-corrected chi connectivity index (χ0v) is 12.2. The Labute approximate surface area is 111 Å². The van der Waals surface area contributed by atoms with Crippen LogP contribution in [0.4, 0.5) is 0 Å². The molecule has 1 heterocycles. The van der Waals surface area contributed by atoms with Crippen molar-refractivity contribution in [2.24, 2.45) is 5.92 Å². The van der Waals surface area contributed by atoms with Gasteiger partial charge in [0.1, 0.15) is 0 Å². The highest BCUT2D eigenvalue weighted by atomic mass is 16.4. The minimum Gasteiger partial charge on any atom is -0.481 e. The minimum absolute atomic E-state index is 0.156. The summed E-state index contributed by atoms with van der Waals surface area (Å²) in [7, 11) is 2.09. The van der Waals surface area contributed by atoms with E-state index in [-0.39, 0.29) is 12.5 Å². The molecule has 1 N–H and O–H groups in total.